The number of rotatable bonds is 3. The number of hydrogen-bond donors (Lipinski definition) is 2. The minimum atomic E-state index is -0.348. The Labute approximate surface area is 122 Å². The normalized spacial score (nSPS) is 12.4. The van der Waals surface area contributed by atoms with Gasteiger partial charge in [0.15, 0.2) is 0 Å². The summed E-state index contributed by atoms with van der Waals surface area (Å²) in [4.78, 5) is 11.9. The highest BCUT2D eigenvalue weighted by Gasteiger charge is 2.19. The van der Waals surface area contributed by atoms with Gasteiger partial charge in [-0.1, -0.05) is 0 Å². The highest BCUT2D eigenvalue weighted by atomic mass is 79.9. The molecule has 0 saturated heterocycles. The number of anilines is 1. The molecular formula is C14H18BrN3O. The second-order valence-electron chi connectivity index (χ2n) is 5.41. The lowest BCUT2D eigenvalue weighted by Crippen LogP contribution is -2.47. The molecule has 1 unspecified atom stereocenters. The molecule has 1 aromatic rings. The summed E-state index contributed by atoms with van der Waals surface area (Å²) in [5, 5.41) is 14.9. The van der Waals surface area contributed by atoms with Crippen LogP contribution in [0.2, 0.25) is 0 Å². The van der Waals surface area contributed by atoms with E-state index in [1.807, 2.05) is 20.8 Å². The van der Waals surface area contributed by atoms with Crippen molar-refractivity contribution < 1.29 is 4.79 Å². The summed E-state index contributed by atoms with van der Waals surface area (Å²) in [5.41, 5.74) is 1.11. The van der Waals surface area contributed by atoms with Crippen LogP contribution in [0.25, 0.3) is 0 Å². The maximum absolute atomic E-state index is 11.9. The molecule has 0 heterocycles. The third kappa shape index (κ3) is 4.92. The van der Waals surface area contributed by atoms with E-state index in [2.05, 4.69) is 32.6 Å². The van der Waals surface area contributed by atoms with Gasteiger partial charge < -0.3 is 10.6 Å². The van der Waals surface area contributed by atoms with Gasteiger partial charge in [0.05, 0.1) is 5.56 Å². The molecule has 0 saturated carbocycles. The van der Waals surface area contributed by atoms with Crippen molar-refractivity contribution in [1.29, 1.82) is 5.26 Å². The van der Waals surface area contributed by atoms with Crippen LogP contribution < -0.4 is 10.6 Å². The van der Waals surface area contributed by atoms with Crippen molar-refractivity contribution in [2.24, 2.45) is 0 Å². The van der Waals surface area contributed by atoms with E-state index in [1.54, 1.807) is 25.1 Å². The van der Waals surface area contributed by atoms with E-state index in [0.29, 0.717) is 10.0 Å². The molecule has 1 amide bonds. The number of benzene rings is 1. The zero-order valence-electron chi connectivity index (χ0n) is 11.5. The van der Waals surface area contributed by atoms with Gasteiger partial charge in [-0.2, -0.15) is 5.26 Å². The second kappa shape index (κ2) is 6.07. The van der Waals surface area contributed by atoms with Crippen LogP contribution in [0.5, 0.6) is 0 Å². The number of nitrogens with one attached hydrogen (secondary N) is 2. The first-order valence-corrected chi connectivity index (χ1v) is 6.80. The minimum Gasteiger partial charge on any atom is -0.374 e. The molecule has 4 nitrogen and oxygen atoms in total. The van der Waals surface area contributed by atoms with Crippen molar-refractivity contribution in [2.45, 2.75) is 39.3 Å². The first-order valence-electron chi connectivity index (χ1n) is 6.01. The van der Waals surface area contributed by atoms with E-state index in [1.165, 1.54) is 0 Å². The van der Waals surface area contributed by atoms with Crippen LogP contribution >= 0.6 is 15.9 Å². The molecule has 5 heteroatoms. The smallest absolute Gasteiger partial charge is 0.242 e. The third-order valence-electron chi connectivity index (χ3n) is 2.36. The van der Waals surface area contributed by atoms with Gasteiger partial charge >= 0.3 is 0 Å². The zero-order valence-corrected chi connectivity index (χ0v) is 13.1. The van der Waals surface area contributed by atoms with Gasteiger partial charge in [-0.05, 0) is 61.8 Å². The first kappa shape index (κ1) is 15.5. The Hall–Kier alpha value is -1.54. The Morgan fingerprint density at radius 2 is 2.05 bits per heavy atom. The van der Waals surface area contributed by atoms with Crippen molar-refractivity contribution in [3.8, 4) is 6.07 Å². The Kier molecular flexibility index (Phi) is 4.96. The van der Waals surface area contributed by atoms with E-state index >= 15 is 0 Å². The van der Waals surface area contributed by atoms with E-state index < -0.39 is 0 Å². The number of halogens is 1. The van der Waals surface area contributed by atoms with Crippen LogP contribution in [0.15, 0.2) is 22.7 Å². The average molecular weight is 324 g/mol. The van der Waals surface area contributed by atoms with E-state index in [4.69, 9.17) is 5.26 Å². The number of carbonyl (C=O) groups excluding carboxylic acids is 1. The Morgan fingerprint density at radius 3 is 2.53 bits per heavy atom. The lowest BCUT2D eigenvalue weighted by Gasteiger charge is -2.24. The molecule has 0 fully saturated rings. The third-order valence-corrected chi connectivity index (χ3v) is 3.02. The van der Waals surface area contributed by atoms with Crippen molar-refractivity contribution in [3.05, 3.63) is 28.2 Å². The van der Waals surface area contributed by atoms with E-state index in [0.717, 1.165) is 5.69 Å². The number of carbonyl (C=O) groups is 1. The molecular weight excluding hydrogens is 306 g/mol. The van der Waals surface area contributed by atoms with Crippen LogP contribution in [-0.4, -0.2) is 17.5 Å². The zero-order chi connectivity index (χ0) is 14.6. The van der Waals surface area contributed by atoms with Gasteiger partial charge in [-0.3, -0.25) is 4.79 Å². The predicted octanol–water partition coefficient (Wildman–Crippen LogP) is 3.04. The molecule has 2 N–H and O–H groups in total. The molecule has 102 valence electrons. The van der Waals surface area contributed by atoms with Crippen LogP contribution in [0, 0.1) is 11.3 Å². The lowest BCUT2D eigenvalue weighted by atomic mass is 10.1. The average Bonchev–Trinajstić information content (AvgIpc) is 2.27. The second-order valence-corrected chi connectivity index (χ2v) is 6.27. The highest BCUT2D eigenvalue weighted by Crippen LogP contribution is 2.21. The summed E-state index contributed by atoms with van der Waals surface area (Å²) >= 11 is 3.32. The van der Waals surface area contributed by atoms with Gasteiger partial charge in [-0.25, -0.2) is 0 Å². The number of nitriles is 1. The molecule has 0 spiro atoms. The highest BCUT2D eigenvalue weighted by molar-refractivity contribution is 9.10. The number of amides is 1. The Bertz CT molecular complexity index is 514. The summed E-state index contributed by atoms with van der Waals surface area (Å²) < 4.78 is 0.712. The van der Waals surface area contributed by atoms with Crippen molar-refractivity contribution >= 4 is 27.5 Å². The SMILES string of the molecule is CC(Nc1ccc(C#N)c(Br)c1)C(=O)NC(C)(C)C. The largest absolute Gasteiger partial charge is 0.374 e. The maximum atomic E-state index is 11.9. The fraction of sp³-hybridized carbons (Fsp3) is 0.429. The molecule has 0 bridgehead atoms. The summed E-state index contributed by atoms with van der Waals surface area (Å²) in [6.45, 7) is 7.62. The molecule has 1 aromatic carbocycles. The van der Waals surface area contributed by atoms with Crippen molar-refractivity contribution in [2.75, 3.05) is 5.32 Å². The quantitative estimate of drug-likeness (QED) is 0.898. The summed E-state index contributed by atoms with van der Waals surface area (Å²) in [5.74, 6) is -0.0621. The van der Waals surface area contributed by atoms with Crippen LogP contribution in [-0.2, 0) is 4.79 Å². The Morgan fingerprint density at radius 1 is 1.42 bits per heavy atom. The number of hydrogen-bond acceptors (Lipinski definition) is 3. The molecule has 1 rings (SSSR count). The fourth-order valence-electron chi connectivity index (χ4n) is 1.49. The van der Waals surface area contributed by atoms with Crippen LogP contribution in [0.4, 0.5) is 5.69 Å². The van der Waals surface area contributed by atoms with E-state index in [9.17, 15) is 4.79 Å². The van der Waals surface area contributed by atoms with Crippen molar-refractivity contribution in [3.63, 3.8) is 0 Å². The van der Waals surface area contributed by atoms with Gasteiger partial charge in [0, 0.05) is 15.7 Å². The van der Waals surface area contributed by atoms with Gasteiger partial charge in [0.1, 0.15) is 12.1 Å². The topological polar surface area (TPSA) is 64.9 Å². The molecule has 0 aliphatic carbocycles. The minimum absolute atomic E-state index is 0.0621. The summed E-state index contributed by atoms with van der Waals surface area (Å²) in [6.07, 6.45) is 0. The molecule has 0 radical (unpaired) electrons. The van der Waals surface area contributed by atoms with Crippen LogP contribution in [0.1, 0.15) is 33.3 Å². The molecule has 0 aliphatic rings. The molecule has 19 heavy (non-hydrogen) atoms. The number of nitrogens with zero attached hydrogens (tertiary/aromatic N) is 1. The molecule has 0 aromatic heterocycles. The van der Waals surface area contributed by atoms with Gasteiger partial charge in [0.2, 0.25) is 5.91 Å². The van der Waals surface area contributed by atoms with Gasteiger partial charge in [-0.15, -0.1) is 0 Å². The van der Waals surface area contributed by atoms with Gasteiger partial charge in [0.25, 0.3) is 0 Å². The van der Waals surface area contributed by atoms with Crippen LogP contribution in [0.3, 0.4) is 0 Å². The fourth-order valence-corrected chi connectivity index (χ4v) is 1.96. The monoisotopic (exact) mass is 323 g/mol. The Balaban J connectivity index is 2.72. The standard InChI is InChI=1S/C14H18BrN3O/c1-9(13(19)18-14(2,3)4)17-11-6-5-10(8-16)12(15)7-11/h5-7,9,17H,1-4H3,(H,18,19). The summed E-state index contributed by atoms with van der Waals surface area (Å²) in [6, 6.07) is 7.01. The van der Waals surface area contributed by atoms with E-state index in [-0.39, 0.29) is 17.5 Å². The van der Waals surface area contributed by atoms with Crippen molar-refractivity contribution in [1.82, 2.24) is 5.32 Å². The molecule has 1 atom stereocenters. The predicted molar refractivity (Wildman–Crippen MR) is 79.8 cm³/mol. The summed E-state index contributed by atoms with van der Waals surface area (Å²) in [7, 11) is 0. The molecule has 0 aliphatic heterocycles. The maximum Gasteiger partial charge on any atom is 0.242 e. The lowest BCUT2D eigenvalue weighted by molar-refractivity contribution is -0.122. The first-order chi connectivity index (χ1) is 8.73.